The predicted molar refractivity (Wildman–Crippen MR) is 361 cm³/mol. The Morgan fingerprint density at radius 1 is 0.448 bits per heavy atom. The van der Waals surface area contributed by atoms with Crippen LogP contribution in [0.3, 0.4) is 0 Å². The second-order valence-electron chi connectivity index (χ2n) is 27.0. The smallest absolute Gasteiger partial charge is 0.457 e. The third-order valence-electron chi connectivity index (χ3n) is 17.3. The molecule has 12 rings (SSSR count). The molecule has 1 aliphatic rings. The molecule has 0 radical (unpaired) electrons. The first-order chi connectivity index (χ1) is 41.5. The lowest BCUT2D eigenvalue weighted by atomic mass is 9.81. The Kier molecular flexibility index (Phi) is 15.2. The van der Waals surface area contributed by atoms with E-state index >= 15 is 8.78 Å². The van der Waals surface area contributed by atoms with Crippen molar-refractivity contribution in [2.24, 2.45) is 0 Å². The molecule has 1 aliphatic heterocycles. The maximum atomic E-state index is 15.8. The first-order valence-corrected chi connectivity index (χ1v) is 30.8. The van der Waals surface area contributed by atoms with Gasteiger partial charge in [0.1, 0.15) is 29.0 Å². The number of ether oxygens (including phenoxy) is 1. The van der Waals surface area contributed by atoms with E-state index in [1.807, 2.05) is 12.3 Å². The van der Waals surface area contributed by atoms with Crippen LogP contribution in [0.25, 0.3) is 72.1 Å². The fourth-order valence-corrected chi connectivity index (χ4v) is 12.4. The molecule has 9 aromatic carbocycles. The minimum absolute atomic E-state index is 0.0823. The highest BCUT2D eigenvalue weighted by atomic mass is 19.1. The van der Waals surface area contributed by atoms with Crippen LogP contribution < -0.4 is 13.9 Å². The Bertz CT molecular complexity index is 4500. The summed E-state index contributed by atoms with van der Waals surface area (Å²) in [6.07, 6.45) is 1.91. The van der Waals surface area contributed by atoms with E-state index in [4.69, 9.17) is 9.72 Å². The fraction of sp³-hybridized carbons (Fsp3) is 0.250. The van der Waals surface area contributed by atoms with Crippen LogP contribution in [0.2, 0.25) is 0 Å². The van der Waals surface area contributed by atoms with Gasteiger partial charge in [-0.25, -0.2) is 13.8 Å². The van der Waals surface area contributed by atoms with Gasteiger partial charge in [-0.2, -0.15) is 0 Å². The standard InChI is InChI=1S/C80H78F2N4O/c1-48(2)53-32-54(49(3)4)34-56(33-53)70-41-60(80(12,13)14)42-71(57-35-61(81)44-62(82)36-57)78(70)85-47-84(73-26-20-21-27-74(73)85)63-37-58(77-68(50(5)6)39-55(40-69(77)51(7)8)52-22-16-15-17-23-52)38-65(45-63)87-64-28-29-67-66-24-18-19-25-72(66)86(75(67)46-64)76-43-59(30-31-83-76)79(9,10)11/h15-46,48-51H,1-14H3/q+2. The number of halogens is 2. The third kappa shape index (κ3) is 11.3. The van der Waals surface area contributed by atoms with Gasteiger partial charge in [-0.3, -0.25) is 4.57 Å². The number of hydrogen-bond acceptors (Lipinski definition) is 2. The van der Waals surface area contributed by atoms with E-state index in [0.717, 1.165) is 84.3 Å². The average molecular weight is 1150 g/mol. The van der Waals surface area contributed by atoms with Gasteiger partial charge in [-0.05, 0) is 171 Å². The zero-order valence-corrected chi connectivity index (χ0v) is 52.7. The van der Waals surface area contributed by atoms with Gasteiger partial charge in [-0.1, -0.05) is 188 Å². The first-order valence-electron chi connectivity index (χ1n) is 30.8. The van der Waals surface area contributed by atoms with E-state index in [0.29, 0.717) is 22.6 Å². The second kappa shape index (κ2) is 22.7. The summed E-state index contributed by atoms with van der Waals surface area (Å²) in [7, 11) is 0. The van der Waals surface area contributed by atoms with Crippen LogP contribution in [-0.4, -0.2) is 15.6 Å². The molecule has 0 saturated carbocycles. The number of para-hydroxylation sites is 3. The van der Waals surface area contributed by atoms with Crippen molar-refractivity contribution in [3.8, 4) is 61.8 Å². The van der Waals surface area contributed by atoms with Crippen LogP contribution in [0.4, 0.5) is 31.5 Å². The lowest BCUT2D eigenvalue weighted by molar-refractivity contribution is 0.483. The van der Waals surface area contributed by atoms with Crippen molar-refractivity contribution in [3.05, 3.63) is 239 Å². The Morgan fingerprint density at radius 3 is 1.63 bits per heavy atom. The lowest BCUT2D eigenvalue weighted by Gasteiger charge is -2.23. The molecule has 2 aromatic heterocycles. The minimum atomic E-state index is -0.645. The number of pyridine rings is 1. The van der Waals surface area contributed by atoms with Crippen molar-refractivity contribution >= 4 is 50.6 Å². The van der Waals surface area contributed by atoms with Crippen molar-refractivity contribution in [2.75, 3.05) is 0 Å². The molecular weight excluding hydrogens is 1070 g/mol. The fourth-order valence-electron chi connectivity index (χ4n) is 12.4. The van der Waals surface area contributed by atoms with Crippen molar-refractivity contribution in [2.45, 2.75) is 131 Å². The van der Waals surface area contributed by atoms with Crippen molar-refractivity contribution in [1.82, 2.24) is 18.7 Å². The Morgan fingerprint density at radius 2 is 1.02 bits per heavy atom. The molecule has 7 heteroatoms. The largest absolute Gasteiger partial charge is 0.503 e. The molecular formula is C80H78F2N4O+2. The molecule has 0 atom stereocenters. The number of hydrogen-bond donors (Lipinski definition) is 0. The number of aromatic nitrogens is 2. The molecule has 0 bridgehead atoms. The van der Waals surface area contributed by atoms with Gasteiger partial charge in [0, 0.05) is 47.3 Å². The lowest BCUT2D eigenvalue weighted by Crippen LogP contribution is -2.13. The highest BCUT2D eigenvalue weighted by Gasteiger charge is 2.41. The minimum Gasteiger partial charge on any atom is -0.457 e. The van der Waals surface area contributed by atoms with E-state index in [1.54, 1.807) is 0 Å². The Hall–Kier alpha value is -9.03. The Balaban J connectivity index is 1.16. The van der Waals surface area contributed by atoms with E-state index in [2.05, 4.69) is 280 Å². The normalized spacial score (nSPS) is 12.7. The molecule has 0 N–H and O–H groups in total. The number of benzene rings is 9. The highest BCUT2D eigenvalue weighted by molar-refractivity contribution is 6.09. The van der Waals surface area contributed by atoms with E-state index in [1.165, 1.54) is 51.1 Å². The van der Waals surface area contributed by atoms with Crippen LogP contribution in [0.5, 0.6) is 11.5 Å². The number of fused-ring (bicyclic) bond motifs is 4. The quantitative estimate of drug-likeness (QED) is 0.108. The third-order valence-corrected chi connectivity index (χ3v) is 17.3. The Labute approximate surface area is 512 Å². The summed E-state index contributed by atoms with van der Waals surface area (Å²) in [6.45, 7) is 31.3. The summed E-state index contributed by atoms with van der Waals surface area (Å²) in [6, 6.07) is 68.6. The summed E-state index contributed by atoms with van der Waals surface area (Å²) >= 11 is 0. The molecule has 5 nitrogen and oxygen atoms in total. The SMILES string of the molecule is CC(C)c1cc(-c2cc(C(C)(C)C)cc(-c3cc(F)cc(F)c3)c2[N+]2=C=[N+](c3cc(Oc4ccc5c6ccccc6n(-c6cc(C(C)(C)C)ccn6)c5c4)cc(-c4c(C(C)C)cc(-c5ccccc5)cc4C(C)C)c3)c3ccccc32)cc(C(C)C)c1. The summed E-state index contributed by atoms with van der Waals surface area (Å²) in [5.41, 5.74) is 19.7. The van der Waals surface area contributed by atoms with Gasteiger partial charge in [-0.15, -0.1) is 0 Å². The molecule has 87 heavy (non-hydrogen) atoms. The summed E-state index contributed by atoms with van der Waals surface area (Å²) in [4.78, 5) is 4.99. The number of rotatable bonds is 13. The van der Waals surface area contributed by atoms with Gasteiger partial charge in [0.05, 0.1) is 28.2 Å². The molecule has 436 valence electrons. The maximum Gasteiger partial charge on any atom is 0.503 e. The van der Waals surface area contributed by atoms with Crippen LogP contribution in [0, 0.1) is 11.6 Å². The monoisotopic (exact) mass is 1150 g/mol. The molecule has 0 saturated heterocycles. The van der Waals surface area contributed by atoms with Crippen LogP contribution >= 0.6 is 0 Å². The van der Waals surface area contributed by atoms with Crippen molar-refractivity contribution < 1.29 is 13.5 Å². The van der Waals surface area contributed by atoms with Crippen LogP contribution in [0.15, 0.2) is 194 Å². The molecule has 0 aliphatic carbocycles. The van der Waals surface area contributed by atoms with Crippen molar-refractivity contribution in [1.29, 1.82) is 0 Å². The van der Waals surface area contributed by atoms with Crippen LogP contribution in [-0.2, 0) is 10.8 Å². The van der Waals surface area contributed by atoms with Crippen molar-refractivity contribution in [3.63, 3.8) is 0 Å². The average Bonchev–Trinajstić information content (AvgIpc) is 1.76. The van der Waals surface area contributed by atoms with Gasteiger partial charge in [0.15, 0.2) is 0 Å². The van der Waals surface area contributed by atoms with Gasteiger partial charge in [0.2, 0.25) is 11.4 Å². The van der Waals surface area contributed by atoms with Gasteiger partial charge in [0.25, 0.3) is 11.4 Å². The zero-order valence-electron chi connectivity index (χ0n) is 52.7. The maximum absolute atomic E-state index is 15.8. The molecule has 0 fully saturated rings. The summed E-state index contributed by atoms with van der Waals surface area (Å²) in [5, 5.41) is 2.23. The van der Waals surface area contributed by atoms with Gasteiger partial charge < -0.3 is 4.74 Å². The summed E-state index contributed by atoms with van der Waals surface area (Å²) in [5.74, 6) is 1.68. The highest BCUT2D eigenvalue weighted by Crippen LogP contribution is 2.50. The summed E-state index contributed by atoms with van der Waals surface area (Å²) < 4.78 is 45.4. The first kappa shape index (κ1) is 58.4. The zero-order chi connectivity index (χ0) is 61.4. The van der Waals surface area contributed by atoms with Crippen LogP contribution in [0.1, 0.15) is 154 Å². The predicted octanol–water partition coefficient (Wildman–Crippen LogP) is 22.9. The molecule has 0 unspecified atom stereocenters. The molecule has 0 spiro atoms. The molecule has 11 aromatic rings. The van der Waals surface area contributed by atoms with Gasteiger partial charge >= 0.3 is 6.01 Å². The van der Waals surface area contributed by atoms with E-state index in [-0.39, 0.29) is 34.5 Å². The second-order valence-corrected chi connectivity index (χ2v) is 27.0. The molecule has 3 heterocycles. The topological polar surface area (TPSA) is 33.1 Å². The van der Waals surface area contributed by atoms with E-state index < -0.39 is 11.6 Å². The molecule has 0 amide bonds. The number of nitrogens with zero attached hydrogens (tertiary/aromatic N) is 4. The van der Waals surface area contributed by atoms with E-state index in [9.17, 15) is 0 Å².